The average molecular weight is 529 g/mol. The van der Waals surface area contributed by atoms with Crippen LogP contribution in [0.15, 0.2) is 42.6 Å². The number of benzene rings is 1. The van der Waals surface area contributed by atoms with Gasteiger partial charge in [-0.2, -0.15) is 4.37 Å². The van der Waals surface area contributed by atoms with Crippen molar-refractivity contribution in [1.82, 2.24) is 4.37 Å². The first kappa shape index (κ1) is 22.9. The molecular formula is C24H17ClN2O4S3. The van der Waals surface area contributed by atoms with E-state index in [4.69, 9.17) is 16.3 Å². The number of carboxylic acid groups (broad SMARTS) is 1. The van der Waals surface area contributed by atoms with Crippen LogP contribution in [0.2, 0.25) is 5.02 Å². The van der Waals surface area contributed by atoms with Gasteiger partial charge < -0.3 is 9.84 Å². The van der Waals surface area contributed by atoms with Crippen molar-refractivity contribution in [2.45, 2.75) is 31.3 Å². The number of hydrogen-bond acceptors (Lipinski definition) is 7. The smallest absolute Gasteiger partial charge is 0.412 e. The molecule has 0 aliphatic heterocycles. The van der Waals surface area contributed by atoms with E-state index in [2.05, 4.69) is 21.5 Å². The largest absolute Gasteiger partial charge is 0.481 e. The Kier molecular flexibility index (Phi) is 6.08. The first-order valence-electron chi connectivity index (χ1n) is 10.3. The molecule has 0 spiro atoms. The number of hydrogen-bond donors (Lipinski definition) is 2. The van der Waals surface area contributed by atoms with Crippen molar-refractivity contribution in [1.29, 1.82) is 0 Å². The van der Waals surface area contributed by atoms with Crippen molar-refractivity contribution in [2.75, 3.05) is 5.32 Å². The van der Waals surface area contributed by atoms with E-state index in [0.717, 1.165) is 24.7 Å². The fourth-order valence-corrected chi connectivity index (χ4v) is 6.87. The third kappa shape index (κ3) is 4.42. The van der Waals surface area contributed by atoms with E-state index in [0.29, 0.717) is 28.4 Å². The number of amides is 1. The Morgan fingerprint density at radius 3 is 2.68 bits per heavy atom. The summed E-state index contributed by atoms with van der Waals surface area (Å²) >= 11 is 10.4. The third-order valence-electron chi connectivity index (χ3n) is 5.57. The second kappa shape index (κ2) is 9.04. The van der Waals surface area contributed by atoms with Crippen molar-refractivity contribution in [3.05, 3.63) is 67.8 Å². The topological polar surface area (TPSA) is 88.5 Å². The molecule has 1 atom stereocenters. The fourth-order valence-electron chi connectivity index (χ4n) is 3.53. The molecule has 5 rings (SSSR count). The van der Waals surface area contributed by atoms with Crippen molar-refractivity contribution in [3.8, 4) is 11.8 Å². The molecule has 4 aromatic rings. The molecule has 0 saturated heterocycles. The van der Waals surface area contributed by atoms with Gasteiger partial charge in [-0.25, -0.2) is 4.79 Å². The van der Waals surface area contributed by atoms with E-state index < -0.39 is 23.6 Å². The van der Waals surface area contributed by atoms with Crippen LogP contribution in [0.4, 0.5) is 10.5 Å². The molecule has 0 radical (unpaired) electrons. The third-order valence-corrected chi connectivity index (χ3v) is 9.04. The predicted molar refractivity (Wildman–Crippen MR) is 136 cm³/mol. The molecule has 6 nitrogen and oxygen atoms in total. The number of nitrogens with zero attached hydrogens (tertiary/aromatic N) is 1. The van der Waals surface area contributed by atoms with E-state index >= 15 is 0 Å². The molecule has 3 heterocycles. The van der Waals surface area contributed by atoms with Gasteiger partial charge in [0.1, 0.15) is 16.4 Å². The second-order valence-electron chi connectivity index (χ2n) is 7.85. The lowest BCUT2D eigenvalue weighted by Gasteiger charge is -2.15. The summed E-state index contributed by atoms with van der Waals surface area (Å²) in [6, 6.07) is 11.2. The highest BCUT2D eigenvalue weighted by Gasteiger charge is 2.53. The molecule has 1 amide bonds. The number of anilines is 1. The van der Waals surface area contributed by atoms with Gasteiger partial charge in [-0.15, -0.1) is 22.7 Å². The van der Waals surface area contributed by atoms with Crippen molar-refractivity contribution < 1.29 is 19.4 Å². The van der Waals surface area contributed by atoms with E-state index in [1.54, 1.807) is 13.0 Å². The van der Waals surface area contributed by atoms with Gasteiger partial charge in [-0.3, -0.25) is 10.1 Å². The van der Waals surface area contributed by atoms with Crippen molar-refractivity contribution >= 4 is 73.0 Å². The number of fused-ring (bicyclic) bond motifs is 1. The Hall–Kier alpha value is -2.90. The summed E-state index contributed by atoms with van der Waals surface area (Å²) in [5, 5.41) is 12.7. The fraction of sp³-hybridized carbons (Fsp3) is 0.208. The highest BCUT2D eigenvalue weighted by atomic mass is 35.5. The first-order valence-corrected chi connectivity index (χ1v) is 13.1. The van der Waals surface area contributed by atoms with Gasteiger partial charge in [-0.1, -0.05) is 29.8 Å². The Balaban J connectivity index is 1.27. The molecule has 1 aliphatic carbocycles. The normalized spacial score (nSPS) is 14.8. The van der Waals surface area contributed by atoms with Gasteiger partial charge in [-0.05, 0) is 61.3 Å². The molecule has 1 saturated carbocycles. The van der Waals surface area contributed by atoms with Gasteiger partial charge >= 0.3 is 12.1 Å². The first-order chi connectivity index (χ1) is 16.4. The summed E-state index contributed by atoms with van der Waals surface area (Å²) in [5.74, 6) is 5.45. The summed E-state index contributed by atoms with van der Waals surface area (Å²) < 4.78 is 11.7. The zero-order valence-electron chi connectivity index (χ0n) is 17.8. The van der Waals surface area contributed by atoms with Gasteiger partial charge in [0.25, 0.3) is 0 Å². The molecule has 3 aromatic heterocycles. The van der Waals surface area contributed by atoms with Crippen LogP contribution in [0.3, 0.4) is 0 Å². The predicted octanol–water partition coefficient (Wildman–Crippen LogP) is 6.90. The van der Waals surface area contributed by atoms with E-state index in [-0.39, 0.29) is 0 Å². The van der Waals surface area contributed by atoms with Crippen LogP contribution in [0.25, 0.3) is 9.40 Å². The van der Waals surface area contributed by atoms with Crippen LogP contribution in [0, 0.1) is 11.8 Å². The summed E-state index contributed by atoms with van der Waals surface area (Å²) in [6.07, 6.45) is 1.80. The molecule has 0 bridgehead atoms. The Bertz CT molecular complexity index is 1440. The number of rotatable bonds is 5. The maximum absolute atomic E-state index is 12.4. The SMILES string of the molecule is CC(OC(=O)Nc1cnsc1C#Cc1cc2sc(C3(C(=O)O)CC3)cc2s1)c1ccccc1Cl. The average Bonchev–Trinajstić information content (AvgIpc) is 3.12. The van der Waals surface area contributed by atoms with Crippen LogP contribution < -0.4 is 5.32 Å². The van der Waals surface area contributed by atoms with Gasteiger partial charge in [0.05, 0.1) is 16.8 Å². The summed E-state index contributed by atoms with van der Waals surface area (Å²) in [6.45, 7) is 1.75. The second-order valence-corrected chi connectivity index (χ2v) is 11.2. The Morgan fingerprint density at radius 2 is 1.97 bits per heavy atom. The maximum Gasteiger partial charge on any atom is 0.412 e. The minimum Gasteiger partial charge on any atom is -0.481 e. The van der Waals surface area contributed by atoms with Crippen molar-refractivity contribution in [3.63, 3.8) is 0 Å². The molecule has 1 unspecified atom stereocenters. The summed E-state index contributed by atoms with van der Waals surface area (Å²) in [7, 11) is 0. The minimum absolute atomic E-state index is 0.478. The number of carbonyl (C=O) groups is 2. The number of aromatic nitrogens is 1. The van der Waals surface area contributed by atoms with Gasteiger partial charge in [0.2, 0.25) is 0 Å². The lowest BCUT2D eigenvalue weighted by Crippen LogP contribution is -2.17. The highest BCUT2D eigenvalue weighted by molar-refractivity contribution is 7.28. The number of carbonyl (C=O) groups excluding carboxylic acids is 1. The Morgan fingerprint density at radius 1 is 1.21 bits per heavy atom. The Labute approximate surface area is 212 Å². The molecule has 1 fully saturated rings. The van der Waals surface area contributed by atoms with E-state index in [1.165, 1.54) is 40.4 Å². The standard InChI is InChI=1S/C24H17ClN2O4S3/c1-13(15-4-2-3-5-16(15)25)31-23(30)27-17-12-26-34-18(17)7-6-14-10-19-20(32-14)11-21(33-19)24(8-9-24)22(28)29/h2-5,10-13H,8-9H2,1H3,(H,27,30)(H,28,29). The number of halogens is 1. The van der Waals surface area contributed by atoms with Crippen LogP contribution in [0.5, 0.6) is 0 Å². The van der Waals surface area contributed by atoms with Crippen LogP contribution in [0.1, 0.15) is 46.1 Å². The number of carboxylic acids is 1. The number of thiophene rings is 2. The van der Waals surface area contributed by atoms with Crippen LogP contribution >= 0.6 is 45.8 Å². The monoisotopic (exact) mass is 528 g/mol. The number of nitrogens with one attached hydrogen (secondary N) is 1. The summed E-state index contributed by atoms with van der Waals surface area (Å²) in [4.78, 5) is 26.4. The molecular weight excluding hydrogens is 512 g/mol. The quantitative estimate of drug-likeness (QED) is 0.275. The van der Waals surface area contributed by atoms with Crippen LogP contribution in [-0.2, 0) is 14.9 Å². The zero-order chi connectivity index (χ0) is 23.9. The number of ether oxygens (including phenoxy) is 1. The zero-order valence-corrected chi connectivity index (χ0v) is 21.0. The molecule has 1 aromatic carbocycles. The van der Waals surface area contributed by atoms with E-state index in [1.807, 2.05) is 30.3 Å². The molecule has 1 aliphatic rings. The molecule has 172 valence electrons. The molecule has 10 heteroatoms. The minimum atomic E-state index is -0.744. The van der Waals surface area contributed by atoms with Gasteiger partial charge in [0.15, 0.2) is 0 Å². The maximum atomic E-state index is 12.4. The summed E-state index contributed by atoms with van der Waals surface area (Å²) in [5.41, 5.74) is 0.516. The van der Waals surface area contributed by atoms with Crippen molar-refractivity contribution in [2.24, 2.45) is 0 Å². The lowest BCUT2D eigenvalue weighted by atomic mass is 10.1. The molecule has 34 heavy (non-hydrogen) atoms. The molecule has 2 N–H and O–H groups in total. The highest BCUT2D eigenvalue weighted by Crippen LogP contribution is 2.52. The number of aliphatic carboxylic acids is 1. The van der Waals surface area contributed by atoms with E-state index in [9.17, 15) is 14.7 Å². The van der Waals surface area contributed by atoms with Crippen LogP contribution in [-0.4, -0.2) is 21.5 Å². The van der Waals surface area contributed by atoms with Gasteiger partial charge in [0, 0.05) is 24.9 Å². The lowest BCUT2D eigenvalue weighted by molar-refractivity contribution is -0.139.